The van der Waals surface area contributed by atoms with Gasteiger partial charge < -0.3 is 10.2 Å². The van der Waals surface area contributed by atoms with Crippen molar-refractivity contribution in [3.05, 3.63) is 71.8 Å². The van der Waals surface area contributed by atoms with Crippen molar-refractivity contribution < 1.29 is 9.59 Å². The average molecular weight is 352 g/mol. The Balaban J connectivity index is 2.14. The summed E-state index contributed by atoms with van der Waals surface area (Å²) in [6.45, 7) is 5.56. The fraction of sp³-hybridized carbons (Fsp3) is 0.364. The molecular formula is C22H28N2O2. The van der Waals surface area contributed by atoms with Gasteiger partial charge in [-0.25, -0.2) is 0 Å². The SMILES string of the molecule is CCCCN(CC)C(=O)CC(NC(=O)c1ccccc1)c1ccccc1. The Morgan fingerprint density at radius 3 is 2.15 bits per heavy atom. The van der Waals surface area contributed by atoms with E-state index in [1.54, 1.807) is 12.1 Å². The second-order valence-corrected chi connectivity index (χ2v) is 6.33. The van der Waals surface area contributed by atoms with Gasteiger partial charge in [0.25, 0.3) is 5.91 Å². The van der Waals surface area contributed by atoms with Crippen molar-refractivity contribution >= 4 is 11.8 Å². The van der Waals surface area contributed by atoms with Crippen LogP contribution in [0.2, 0.25) is 0 Å². The van der Waals surface area contributed by atoms with Gasteiger partial charge >= 0.3 is 0 Å². The zero-order valence-electron chi connectivity index (χ0n) is 15.7. The maximum absolute atomic E-state index is 12.8. The molecule has 2 amide bonds. The molecule has 0 bridgehead atoms. The maximum Gasteiger partial charge on any atom is 0.251 e. The molecule has 4 heteroatoms. The lowest BCUT2D eigenvalue weighted by molar-refractivity contribution is -0.131. The summed E-state index contributed by atoms with van der Waals surface area (Å²) < 4.78 is 0. The van der Waals surface area contributed by atoms with Gasteiger partial charge in [-0.2, -0.15) is 0 Å². The minimum atomic E-state index is -0.341. The first kappa shape index (κ1) is 19.7. The zero-order valence-corrected chi connectivity index (χ0v) is 15.7. The highest BCUT2D eigenvalue weighted by Gasteiger charge is 2.21. The summed E-state index contributed by atoms with van der Waals surface area (Å²) in [5, 5.41) is 3.03. The van der Waals surface area contributed by atoms with Crippen molar-refractivity contribution in [3.63, 3.8) is 0 Å². The molecule has 0 aromatic heterocycles. The third-order valence-electron chi connectivity index (χ3n) is 4.44. The second-order valence-electron chi connectivity index (χ2n) is 6.33. The van der Waals surface area contributed by atoms with Gasteiger partial charge in [0.1, 0.15) is 0 Å². The van der Waals surface area contributed by atoms with Crippen LogP contribution in [0.3, 0.4) is 0 Å². The summed E-state index contributed by atoms with van der Waals surface area (Å²) in [6, 6.07) is 18.4. The number of rotatable bonds is 9. The first-order valence-corrected chi connectivity index (χ1v) is 9.34. The van der Waals surface area contributed by atoms with Crippen molar-refractivity contribution in [2.75, 3.05) is 13.1 Å². The van der Waals surface area contributed by atoms with Crippen LogP contribution in [0.15, 0.2) is 60.7 Å². The van der Waals surface area contributed by atoms with Crippen molar-refractivity contribution in [2.45, 2.75) is 39.2 Å². The Kier molecular flexibility index (Phi) is 7.87. The van der Waals surface area contributed by atoms with Crippen LogP contribution < -0.4 is 5.32 Å². The van der Waals surface area contributed by atoms with E-state index in [4.69, 9.17) is 0 Å². The van der Waals surface area contributed by atoms with Gasteiger partial charge in [-0.05, 0) is 31.0 Å². The first-order chi connectivity index (χ1) is 12.7. The smallest absolute Gasteiger partial charge is 0.251 e. The normalized spacial score (nSPS) is 11.6. The molecule has 1 N–H and O–H groups in total. The van der Waals surface area contributed by atoms with Crippen molar-refractivity contribution in [1.82, 2.24) is 10.2 Å². The fourth-order valence-electron chi connectivity index (χ4n) is 2.88. The molecule has 4 nitrogen and oxygen atoms in total. The van der Waals surface area contributed by atoms with E-state index in [1.807, 2.05) is 60.4 Å². The highest BCUT2D eigenvalue weighted by atomic mass is 16.2. The van der Waals surface area contributed by atoms with Crippen molar-refractivity contribution in [3.8, 4) is 0 Å². The molecule has 0 aliphatic rings. The Bertz CT molecular complexity index is 686. The van der Waals surface area contributed by atoms with E-state index in [-0.39, 0.29) is 24.3 Å². The van der Waals surface area contributed by atoms with Gasteiger partial charge in [0.15, 0.2) is 0 Å². The minimum Gasteiger partial charge on any atom is -0.345 e. The molecule has 0 saturated heterocycles. The van der Waals surface area contributed by atoms with Crippen molar-refractivity contribution in [1.29, 1.82) is 0 Å². The molecule has 0 aliphatic heterocycles. The number of nitrogens with one attached hydrogen (secondary N) is 1. The monoisotopic (exact) mass is 352 g/mol. The lowest BCUT2D eigenvalue weighted by atomic mass is 10.0. The highest BCUT2D eigenvalue weighted by molar-refractivity contribution is 5.94. The summed E-state index contributed by atoms with van der Waals surface area (Å²) in [5.74, 6) is -0.0907. The molecule has 26 heavy (non-hydrogen) atoms. The van der Waals surface area contributed by atoms with Gasteiger partial charge in [0.05, 0.1) is 12.5 Å². The lowest BCUT2D eigenvalue weighted by Crippen LogP contribution is -2.37. The summed E-state index contributed by atoms with van der Waals surface area (Å²) in [4.78, 5) is 27.2. The molecule has 0 heterocycles. The van der Waals surface area contributed by atoms with E-state index in [0.29, 0.717) is 12.1 Å². The predicted molar refractivity (Wildman–Crippen MR) is 105 cm³/mol. The number of hydrogen-bond donors (Lipinski definition) is 1. The second kappa shape index (κ2) is 10.4. The molecule has 138 valence electrons. The number of benzene rings is 2. The Morgan fingerprint density at radius 1 is 0.962 bits per heavy atom. The van der Waals surface area contributed by atoms with E-state index in [2.05, 4.69) is 12.2 Å². The number of unbranched alkanes of at least 4 members (excludes halogenated alkanes) is 1. The molecule has 2 aromatic rings. The Labute approximate surface area is 156 Å². The van der Waals surface area contributed by atoms with Crippen LogP contribution in [0.1, 0.15) is 55.1 Å². The molecule has 0 radical (unpaired) electrons. The third kappa shape index (κ3) is 5.73. The van der Waals surface area contributed by atoms with Crippen LogP contribution in [0.25, 0.3) is 0 Å². The molecular weight excluding hydrogens is 324 g/mol. The lowest BCUT2D eigenvalue weighted by Gasteiger charge is -2.25. The fourth-order valence-corrected chi connectivity index (χ4v) is 2.88. The quantitative estimate of drug-likeness (QED) is 0.735. The number of carbonyl (C=O) groups is 2. The molecule has 1 unspecified atom stereocenters. The first-order valence-electron chi connectivity index (χ1n) is 9.34. The Hall–Kier alpha value is -2.62. The summed E-state index contributed by atoms with van der Waals surface area (Å²) in [6.07, 6.45) is 2.31. The van der Waals surface area contributed by atoms with E-state index in [9.17, 15) is 9.59 Å². The highest BCUT2D eigenvalue weighted by Crippen LogP contribution is 2.19. The van der Waals surface area contributed by atoms with Gasteiger partial charge in [-0.3, -0.25) is 9.59 Å². The van der Waals surface area contributed by atoms with E-state index in [1.165, 1.54) is 0 Å². The molecule has 1 atom stereocenters. The van der Waals surface area contributed by atoms with Crippen LogP contribution >= 0.6 is 0 Å². The van der Waals surface area contributed by atoms with Gasteiger partial charge in [-0.15, -0.1) is 0 Å². The zero-order chi connectivity index (χ0) is 18.8. The molecule has 0 spiro atoms. The van der Waals surface area contributed by atoms with Crippen LogP contribution in [0.5, 0.6) is 0 Å². The van der Waals surface area contributed by atoms with Crippen LogP contribution in [0, 0.1) is 0 Å². The van der Waals surface area contributed by atoms with E-state index < -0.39 is 0 Å². The molecule has 0 fully saturated rings. The van der Waals surface area contributed by atoms with Gasteiger partial charge in [0.2, 0.25) is 5.91 Å². The van der Waals surface area contributed by atoms with Gasteiger partial charge in [0, 0.05) is 18.7 Å². The van der Waals surface area contributed by atoms with Crippen molar-refractivity contribution in [2.24, 2.45) is 0 Å². The van der Waals surface area contributed by atoms with E-state index >= 15 is 0 Å². The van der Waals surface area contributed by atoms with Crippen LogP contribution in [0.4, 0.5) is 0 Å². The molecule has 2 aromatic carbocycles. The summed E-state index contributed by atoms with van der Waals surface area (Å²) in [5.41, 5.74) is 1.54. The minimum absolute atomic E-state index is 0.0724. The summed E-state index contributed by atoms with van der Waals surface area (Å²) in [7, 11) is 0. The number of nitrogens with zero attached hydrogens (tertiary/aromatic N) is 1. The van der Waals surface area contributed by atoms with Crippen LogP contribution in [-0.2, 0) is 4.79 Å². The molecule has 0 saturated carbocycles. The predicted octanol–water partition coefficient (Wildman–Crippen LogP) is 4.20. The van der Waals surface area contributed by atoms with Gasteiger partial charge in [-0.1, -0.05) is 61.9 Å². The summed E-state index contributed by atoms with van der Waals surface area (Å²) >= 11 is 0. The molecule has 0 aliphatic carbocycles. The standard InChI is InChI=1S/C22H28N2O2/c1-3-5-16-24(4-2)21(25)17-20(18-12-8-6-9-13-18)23-22(26)19-14-10-7-11-15-19/h6-15,20H,3-5,16-17H2,1-2H3,(H,23,26). The Morgan fingerprint density at radius 2 is 1.58 bits per heavy atom. The van der Waals surface area contributed by atoms with Crippen LogP contribution in [-0.4, -0.2) is 29.8 Å². The number of carbonyl (C=O) groups excluding carboxylic acids is 2. The number of hydrogen-bond acceptors (Lipinski definition) is 2. The largest absolute Gasteiger partial charge is 0.345 e. The van der Waals surface area contributed by atoms with E-state index in [0.717, 1.165) is 24.9 Å². The third-order valence-corrected chi connectivity index (χ3v) is 4.44. The average Bonchev–Trinajstić information content (AvgIpc) is 2.69. The topological polar surface area (TPSA) is 49.4 Å². The number of amides is 2. The molecule has 2 rings (SSSR count). The maximum atomic E-state index is 12.8.